The van der Waals surface area contributed by atoms with Crippen LogP contribution in [0.4, 0.5) is 11.4 Å². The van der Waals surface area contributed by atoms with Gasteiger partial charge in [-0.3, -0.25) is 14.9 Å². The summed E-state index contributed by atoms with van der Waals surface area (Å²) in [5.74, 6) is 0.959. The lowest BCUT2D eigenvalue weighted by Crippen LogP contribution is -2.53. The minimum absolute atomic E-state index is 0.0166. The molecule has 0 unspecified atom stereocenters. The predicted molar refractivity (Wildman–Crippen MR) is 123 cm³/mol. The summed E-state index contributed by atoms with van der Waals surface area (Å²) < 4.78 is 0. The number of piperidine rings is 3. The molecule has 0 aliphatic carbocycles. The number of imidazole rings is 1. The third-order valence-corrected chi connectivity index (χ3v) is 6.82. The zero-order valence-corrected chi connectivity index (χ0v) is 17.3. The van der Waals surface area contributed by atoms with E-state index >= 15 is 0 Å². The summed E-state index contributed by atoms with van der Waals surface area (Å²) in [5, 5.41) is 15.7. The molecule has 2 bridgehead atoms. The maximum Gasteiger partial charge on any atom is 0.270 e. The number of aromatic amines is 2. The lowest BCUT2D eigenvalue weighted by atomic mass is 9.83. The van der Waals surface area contributed by atoms with Crippen molar-refractivity contribution in [2.45, 2.75) is 18.9 Å². The van der Waals surface area contributed by atoms with Crippen molar-refractivity contribution in [2.24, 2.45) is 5.92 Å². The first-order chi connectivity index (χ1) is 15.6. The fourth-order valence-corrected chi connectivity index (χ4v) is 5.16. The third kappa shape index (κ3) is 3.04. The number of anilines is 1. The number of nitro benzene ring substituents is 1. The van der Waals surface area contributed by atoms with Gasteiger partial charge in [-0.05, 0) is 50.0 Å². The van der Waals surface area contributed by atoms with E-state index in [1.54, 1.807) is 6.07 Å². The number of benzene rings is 2. The lowest BCUT2D eigenvalue weighted by Gasteiger charge is -2.45. The van der Waals surface area contributed by atoms with Crippen LogP contribution < -0.4 is 10.9 Å². The monoisotopic (exact) mass is 430 g/mol. The molecule has 3 N–H and O–H groups in total. The van der Waals surface area contributed by atoms with Crippen LogP contribution in [-0.4, -0.2) is 50.5 Å². The van der Waals surface area contributed by atoms with Gasteiger partial charge in [0.25, 0.3) is 11.2 Å². The van der Waals surface area contributed by atoms with Gasteiger partial charge in [0, 0.05) is 30.1 Å². The second-order valence-electron chi connectivity index (χ2n) is 8.68. The normalized spacial score (nSPS) is 22.4. The number of non-ortho nitro benzene ring substituents is 1. The van der Waals surface area contributed by atoms with Crippen LogP contribution in [0.2, 0.25) is 0 Å². The summed E-state index contributed by atoms with van der Waals surface area (Å²) in [4.78, 5) is 37.5. The highest BCUT2D eigenvalue weighted by Crippen LogP contribution is 2.36. The van der Waals surface area contributed by atoms with Crippen LogP contribution in [0.25, 0.3) is 33.3 Å². The minimum atomic E-state index is -0.413. The zero-order chi connectivity index (χ0) is 21.8. The van der Waals surface area contributed by atoms with Gasteiger partial charge in [0.2, 0.25) is 0 Å². The molecule has 0 radical (unpaired) electrons. The Bertz CT molecular complexity index is 1380. The maximum absolute atomic E-state index is 13.3. The third-order valence-electron chi connectivity index (χ3n) is 6.82. The van der Waals surface area contributed by atoms with E-state index in [-0.39, 0.29) is 17.3 Å². The van der Waals surface area contributed by atoms with E-state index < -0.39 is 4.92 Å². The predicted octanol–water partition coefficient (Wildman–Crippen LogP) is 3.49. The molecule has 3 saturated heterocycles. The largest absolute Gasteiger partial charge is 0.379 e. The SMILES string of the molecule is O=c1[nH]c2ccc([N+](=O)[O-])cc2c(N[C@H]2CN3CCC2CC3)c1-c1nc2ccccc2[nH]1. The van der Waals surface area contributed by atoms with Gasteiger partial charge in [0.05, 0.1) is 27.2 Å². The van der Waals surface area contributed by atoms with Crippen molar-refractivity contribution in [2.75, 3.05) is 25.0 Å². The molecule has 162 valence electrons. The van der Waals surface area contributed by atoms with E-state index in [9.17, 15) is 14.9 Å². The van der Waals surface area contributed by atoms with E-state index in [1.807, 2.05) is 24.3 Å². The Morgan fingerprint density at radius 1 is 1.09 bits per heavy atom. The van der Waals surface area contributed by atoms with E-state index in [2.05, 4.69) is 25.2 Å². The summed E-state index contributed by atoms with van der Waals surface area (Å²) >= 11 is 0. The smallest absolute Gasteiger partial charge is 0.270 e. The summed E-state index contributed by atoms with van der Waals surface area (Å²) in [6, 6.07) is 12.3. The highest BCUT2D eigenvalue weighted by Gasteiger charge is 2.35. The first-order valence-electron chi connectivity index (χ1n) is 10.9. The van der Waals surface area contributed by atoms with Crippen LogP contribution in [0.5, 0.6) is 0 Å². The average molecular weight is 430 g/mol. The molecular formula is C23H22N6O3. The Balaban J connectivity index is 1.58. The van der Waals surface area contributed by atoms with Gasteiger partial charge in [-0.15, -0.1) is 0 Å². The molecule has 3 aliphatic heterocycles. The van der Waals surface area contributed by atoms with Crippen molar-refractivity contribution in [1.29, 1.82) is 0 Å². The summed E-state index contributed by atoms with van der Waals surface area (Å²) in [6.07, 6.45) is 2.22. The highest BCUT2D eigenvalue weighted by molar-refractivity contribution is 6.00. The number of pyridine rings is 1. The quantitative estimate of drug-likeness (QED) is 0.337. The molecule has 4 aromatic rings. The molecule has 0 saturated carbocycles. The van der Waals surface area contributed by atoms with E-state index in [0.717, 1.165) is 43.5 Å². The first kappa shape index (κ1) is 19.0. The molecule has 9 heteroatoms. The van der Waals surface area contributed by atoms with Crippen LogP contribution in [0, 0.1) is 16.0 Å². The molecule has 3 aliphatic rings. The van der Waals surface area contributed by atoms with Crippen LogP contribution >= 0.6 is 0 Å². The van der Waals surface area contributed by atoms with Crippen molar-refractivity contribution in [3.63, 3.8) is 0 Å². The number of H-pyrrole nitrogens is 2. The molecular weight excluding hydrogens is 408 g/mol. The molecule has 0 spiro atoms. The standard InChI is InChI=1S/C23H22N6O3/c30-23-20(22-25-17-3-1-2-4-18(17)26-22)21(24-19-12-28-9-7-13(19)8-10-28)15-11-14(29(31)32)5-6-16(15)27-23/h1-6,11,13,19H,7-10,12H2,(H,25,26)(H2,24,27,30)/t19-/m0/s1. The number of fused-ring (bicyclic) bond motifs is 5. The molecule has 0 amide bonds. The number of hydrogen-bond donors (Lipinski definition) is 3. The average Bonchev–Trinajstić information content (AvgIpc) is 3.23. The second-order valence-corrected chi connectivity index (χ2v) is 8.68. The number of para-hydroxylation sites is 2. The Labute approximate surface area is 182 Å². The highest BCUT2D eigenvalue weighted by atomic mass is 16.6. The fourth-order valence-electron chi connectivity index (χ4n) is 5.16. The fraction of sp³-hybridized carbons (Fsp3) is 0.304. The number of rotatable bonds is 4. The first-order valence-corrected chi connectivity index (χ1v) is 10.9. The second kappa shape index (κ2) is 7.16. The van der Waals surface area contributed by atoms with Gasteiger partial charge >= 0.3 is 0 Å². The molecule has 5 heterocycles. The van der Waals surface area contributed by atoms with Gasteiger partial charge in [0.15, 0.2) is 0 Å². The Morgan fingerprint density at radius 2 is 1.91 bits per heavy atom. The summed E-state index contributed by atoms with van der Waals surface area (Å²) in [6.45, 7) is 3.09. The van der Waals surface area contributed by atoms with Crippen LogP contribution in [0.3, 0.4) is 0 Å². The van der Waals surface area contributed by atoms with Gasteiger partial charge in [-0.1, -0.05) is 12.1 Å². The maximum atomic E-state index is 13.3. The number of nitrogens with one attached hydrogen (secondary N) is 3. The van der Waals surface area contributed by atoms with E-state index in [1.165, 1.54) is 12.1 Å². The molecule has 1 atom stereocenters. The van der Waals surface area contributed by atoms with Crippen molar-refractivity contribution in [1.82, 2.24) is 19.9 Å². The van der Waals surface area contributed by atoms with Crippen LogP contribution in [0.1, 0.15) is 12.8 Å². The van der Waals surface area contributed by atoms with Crippen LogP contribution in [-0.2, 0) is 0 Å². The molecule has 2 aromatic heterocycles. The van der Waals surface area contributed by atoms with Gasteiger partial charge in [-0.25, -0.2) is 4.98 Å². The molecule has 9 nitrogen and oxygen atoms in total. The van der Waals surface area contributed by atoms with Crippen LogP contribution in [0.15, 0.2) is 47.3 Å². The van der Waals surface area contributed by atoms with Gasteiger partial charge < -0.3 is 20.2 Å². The number of nitro groups is 1. The summed E-state index contributed by atoms with van der Waals surface area (Å²) in [5.41, 5.74) is 2.83. The topological polar surface area (TPSA) is 120 Å². The molecule has 32 heavy (non-hydrogen) atoms. The van der Waals surface area contributed by atoms with Crippen molar-refractivity contribution in [3.8, 4) is 11.4 Å². The Morgan fingerprint density at radius 3 is 2.62 bits per heavy atom. The Hall–Kier alpha value is -3.72. The van der Waals surface area contributed by atoms with Crippen molar-refractivity contribution < 1.29 is 4.92 Å². The van der Waals surface area contributed by atoms with Crippen molar-refractivity contribution >= 4 is 33.3 Å². The molecule has 2 aromatic carbocycles. The minimum Gasteiger partial charge on any atom is -0.379 e. The number of aromatic nitrogens is 3. The molecule has 7 rings (SSSR count). The van der Waals surface area contributed by atoms with Crippen molar-refractivity contribution in [3.05, 3.63) is 62.9 Å². The van der Waals surface area contributed by atoms with E-state index in [0.29, 0.717) is 33.9 Å². The Kier molecular flexibility index (Phi) is 4.25. The molecule has 3 fully saturated rings. The van der Waals surface area contributed by atoms with Gasteiger partial charge in [0.1, 0.15) is 11.4 Å². The number of hydrogen-bond acceptors (Lipinski definition) is 6. The summed E-state index contributed by atoms with van der Waals surface area (Å²) in [7, 11) is 0. The zero-order valence-electron chi connectivity index (χ0n) is 17.3. The number of nitrogens with zero attached hydrogens (tertiary/aromatic N) is 3. The lowest BCUT2D eigenvalue weighted by molar-refractivity contribution is -0.384. The van der Waals surface area contributed by atoms with E-state index in [4.69, 9.17) is 0 Å². The van der Waals surface area contributed by atoms with Gasteiger partial charge in [-0.2, -0.15) is 0 Å².